The van der Waals surface area contributed by atoms with Crippen LogP contribution in [0.4, 0.5) is 0 Å². The van der Waals surface area contributed by atoms with Crippen LogP contribution in [-0.2, 0) is 6.42 Å². The quantitative estimate of drug-likeness (QED) is 0.925. The van der Waals surface area contributed by atoms with Gasteiger partial charge in [0.25, 0.3) is 0 Å². The summed E-state index contributed by atoms with van der Waals surface area (Å²) in [5.41, 5.74) is 3.76. The maximum absolute atomic E-state index is 4.53. The Hall–Kier alpha value is -1.39. The number of aromatic nitrogens is 2. The monoisotopic (exact) mass is 272 g/mol. The molecular formula is C16H24N4. The predicted octanol–water partition coefficient (Wildman–Crippen LogP) is 2.06. The average molecular weight is 272 g/mol. The number of nitrogens with zero attached hydrogens (tertiary/aromatic N) is 3. The van der Waals surface area contributed by atoms with Crippen molar-refractivity contribution >= 4 is 11.0 Å². The van der Waals surface area contributed by atoms with Crippen molar-refractivity contribution in [3.05, 3.63) is 30.1 Å². The smallest absolute Gasteiger partial charge is 0.0960 e. The van der Waals surface area contributed by atoms with Gasteiger partial charge in [0.05, 0.1) is 17.4 Å². The van der Waals surface area contributed by atoms with Crippen molar-refractivity contribution in [2.75, 3.05) is 32.7 Å². The van der Waals surface area contributed by atoms with Gasteiger partial charge >= 0.3 is 0 Å². The number of benzene rings is 1. The Kier molecular flexibility index (Phi) is 4.03. The molecule has 108 valence electrons. The van der Waals surface area contributed by atoms with Gasteiger partial charge in [-0.1, -0.05) is 6.07 Å². The highest BCUT2D eigenvalue weighted by molar-refractivity contribution is 5.76. The van der Waals surface area contributed by atoms with Crippen molar-refractivity contribution in [3.8, 4) is 0 Å². The van der Waals surface area contributed by atoms with Gasteiger partial charge in [-0.2, -0.15) is 0 Å². The van der Waals surface area contributed by atoms with Gasteiger partial charge < -0.3 is 14.8 Å². The topological polar surface area (TPSA) is 33.1 Å². The van der Waals surface area contributed by atoms with Crippen LogP contribution in [0.2, 0.25) is 0 Å². The molecule has 0 radical (unpaired) electrons. The number of nitrogens with one attached hydrogen (secondary N) is 1. The first-order valence-corrected chi connectivity index (χ1v) is 7.62. The van der Waals surface area contributed by atoms with Crippen LogP contribution in [0.1, 0.15) is 25.5 Å². The molecular weight excluding hydrogens is 248 g/mol. The van der Waals surface area contributed by atoms with E-state index in [2.05, 4.69) is 51.8 Å². The van der Waals surface area contributed by atoms with E-state index in [1.807, 2.05) is 6.33 Å². The fourth-order valence-corrected chi connectivity index (χ4v) is 2.87. The summed E-state index contributed by atoms with van der Waals surface area (Å²) in [5.74, 6) is 0. The lowest BCUT2D eigenvalue weighted by Crippen LogP contribution is -2.44. The van der Waals surface area contributed by atoms with E-state index < -0.39 is 0 Å². The second kappa shape index (κ2) is 5.94. The average Bonchev–Trinajstić information content (AvgIpc) is 2.89. The second-order valence-corrected chi connectivity index (χ2v) is 5.91. The Morgan fingerprint density at radius 2 is 2.05 bits per heavy atom. The summed E-state index contributed by atoms with van der Waals surface area (Å²) < 4.78 is 2.23. The van der Waals surface area contributed by atoms with Crippen molar-refractivity contribution in [2.45, 2.75) is 26.3 Å². The normalized spacial score (nSPS) is 17.1. The first kappa shape index (κ1) is 13.6. The lowest BCUT2D eigenvalue weighted by molar-refractivity contribution is 0.244. The summed E-state index contributed by atoms with van der Waals surface area (Å²) in [6.07, 6.45) is 3.07. The fourth-order valence-electron chi connectivity index (χ4n) is 2.87. The molecule has 0 saturated carbocycles. The minimum Gasteiger partial charge on any atom is -0.328 e. The van der Waals surface area contributed by atoms with Crippen molar-refractivity contribution in [3.63, 3.8) is 0 Å². The van der Waals surface area contributed by atoms with Crippen molar-refractivity contribution in [1.29, 1.82) is 0 Å². The lowest BCUT2D eigenvalue weighted by atomic mass is 10.1. The van der Waals surface area contributed by atoms with Gasteiger partial charge in [-0.25, -0.2) is 4.98 Å². The van der Waals surface area contributed by atoms with E-state index in [-0.39, 0.29) is 0 Å². The third-order valence-electron chi connectivity index (χ3n) is 4.12. The van der Waals surface area contributed by atoms with E-state index >= 15 is 0 Å². The van der Waals surface area contributed by atoms with E-state index in [0.29, 0.717) is 6.04 Å². The number of imidazole rings is 1. The maximum atomic E-state index is 4.53. The number of fused-ring (bicyclic) bond motifs is 1. The van der Waals surface area contributed by atoms with E-state index in [1.165, 1.54) is 24.2 Å². The molecule has 0 spiro atoms. The van der Waals surface area contributed by atoms with Crippen LogP contribution in [0.25, 0.3) is 11.0 Å². The van der Waals surface area contributed by atoms with Gasteiger partial charge in [0.1, 0.15) is 0 Å². The summed E-state index contributed by atoms with van der Waals surface area (Å²) >= 11 is 0. The molecule has 1 saturated heterocycles. The minimum atomic E-state index is 0.465. The Morgan fingerprint density at radius 1 is 1.25 bits per heavy atom. The zero-order valence-corrected chi connectivity index (χ0v) is 12.5. The largest absolute Gasteiger partial charge is 0.328 e. The number of hydrogen-bond acceptors (Lipinski definition) is 3. The number of hydrogen-bond donors (Lipinski definition) is 1. The lowest BCUT2D eigenvalue weighted by Gasteiger charge is -2.27. The molecule has 1 fully saturated rings. The molecule has 1 aromatic heterocycles. The molecule has 2 heterocycles. The molecule has 0 bridgehead atoms. The predicted molar refractivity (Wildman–Crippen MR) is 83.1 cm³/mol. The zero-order chi connectivity index (χ0) is 13.9. The highest BCUT2D eigenvalue weighted by Gasteiger charge is 2.10. The SMILES string of the molecule is CC(C)n1cnc2cc(CCN3CCNCC3)ccc21. The molecule has 1 aliphatic rings. The molecule has 4 nitrogen and oxygen atoms in total. The van der Waals surface area contributed by atoms with Crippen LogP contribution in [0.3, 0.4) is 0 Å². The Labute approximate surface area is 120 Å². The first-order valence-electron chi connectivity index (χ1n) is 7.62. The van der Waals surface area contributed by atoms with Gasteiger partial charge in [-0.3, -0.25) is 0 Å². The summed E-state index contributed by atoms with van der Waals surface area (Å²) in [5, 5.41) is 3.40. The minimum absolute atomic E-state index is 0.465. The van der Waals surface area contributed by atoms with E-state index in [1.54, 1.807) is 0 Å². The summed E-state index contributed by atoms with van der Waals surface area (Å²) in [7, 11) is 0. The van der Waals surface area contributed by atoms with Crippen molar-refractivity contribution < 1.29 is 0 Å². The van der Waals surface area contributed by atoms with E-state index in [9.17, 15) is 0 Å². The van der Waals surface area contributed by atoms with Crippen LogP contribution in [0, 0.1) is 0 Å². The van der Waals surface area contributed by atoms with Crippen LogP contribution in [-0.4, -0.2) is 47.2 Å². The number of rotatable bonds is 4. The summed E-state index contributed by atoms with van der Waals surface area (Å²) in [6.45, 7) is 10.1. The van der Waals surface area contributed by atoms with E-state index in [4.69, 9.17) is 0 Å². The second-order valence-electron chi connectivity index (χ2n) is 5.91. The third kappa shape index (κ3) is 2.86. The molecule has 3 rings (SSSR count). The van der Waals surface area contributed by atoms with Crippen LogP contribution < -0.4 is 5.32 Å². The highest BCUT2D eigenvalue weighted by atomic mass is 15.2. The molecule has 1 aliphatic heterocycles. The molecule has 1 N–H and O–H groups in total. The number of piperazine rings is 1. The summed E-state index contributed by atoms with van der Waals surface area (Å²) in [4.78, 5) is 7.07. The van der Waals surface area contributed by atoms with Gasteiger partial charge in [0.2, 0.25) is 0 Å². The van der Waals surface area contributed by atoms with Gasteiger partial charge in [0.15, 0.2) is 0 Å². The first-order chi connectivity index (χ1) is 9.74. The molecule has 4 heteroatoms. The van der Waals surface area contributed by atoms with Crippen LogP contribution in [0.5, 0.6) is 0 Å². The van der Waals surface area contributed by atoms with Gasteiger partial charge in [-0.05, 0) is 38.0 Å². The fraction of sp³-hybridized carbons (Fsp3) is 0.562. The maximum Gasteiger partial charge on any atom is 0.0960 e. The van der Waals surface area contributed by atoms with E-state index in [0.717, 1.165) is 31.6 Å². The molecule has 0 aliphatic carbocycles. The molecule has 2 aromatic rings. The summed E-state index contributed by atoms with van der Waals surface area (Å²) in [6, 6.07) is 7.18. The molecule has 1 aromatic carbocycles. The zero-order valence-electron chi connectivity index (χ0n) is 12.5. The molecule has 0 amide bonds. The van der Waals surface area contributed by atoms with Crippen molar-refractivity contribution in [1.82, 2.24) is 19.8 Å². The molecule has 20 heavy (non-hydrogen) atoms. The Balaban J connectivity index is 1.69. The van der Waals surface area contributed by atoms with Gasteiger partial charge in [0, 0.05) is 38.8 Å². The van der Waals surface area contributed by atoms with Gasteiger partial charge in [-0.15, -0.1) is 0 Å². The molecule has 0 atom stereocenters. The van der Waals surface area contributed by atoms with Crippen LogP contribution in [0.15, 0.2) is 24.5 Å². The molecule has 0 unspecified atom stereocenters. The Morgan fingerprint density at radius 3 is 2.80 bits per heavy atom. The third-order valence-corrected chi connectivity index (χ3v) is 4.12. The Bertz CT molecular complexity index is 567. The van der Waals surface area contributed by atoms with Crippen molar-refractivity contribution in [2.24, 2.45) is 0 Å². The highest BCUT2D eigenvalue weighted by Crippen LogP contribution is 2.19. The standard InChI is InChI=1S/C16H24N4/c1-13(2)20-12-18-15-11-14(3-4-16(15)20)5-8-19-9-6-17-7-10-19/h3-4,11-13,17H,5-10H2,1-2H3. The van der Waals surface area contributed by atoms with Crippen LogP contribution >= 0.6 is 0 Å².